The molecule has 2 aromatic carbocycles. The van der Waals surface area contributed by atoms with Gasteiger partial charge in [0.1, 0.15) is 0 Å². The summed E-state index contributed by atoms with van der Waals surface area (Å²) < 4.78 is 0. The Morgan fingerprint density at radius 3 is 1.15 bits per heavy atom. The van der Waals surface area contributed by atoms with Crippen LogP contribution in [0.5, 0.6) is 0 Å². The molecule has 2 atom stereocenters. The van der Waals surface area contributed by atoms with Crippen LogP contribution in [-0.4, -0.2) is 22.2 Å². The van der Waals surface area contributed by atoms with Gasteiger partial charge in [-0.15, -0.1) is 0 Å². The summed E-state index contributed by atoms with van der Waals surface area (Å²) in [7, 11) is 0. The normalized spacial score (nSPS) is 14.5. The SMILES string of the molecule is CC(C)(C(=O)O)C(c1ccccc1)C(c1ccccc1)C(C)(C)C(=O)O. The molecule has 0 fully saturated rings. The molecule has 2 rings (SSSR count). The van der Waals surface area contributed by atoms with E-state index in [9.17, 15) is 19.8 Å². The molecule has 0 aliphatic carbocycles. The van der Waals surface area contributed by atoms with Gasteiger partial charge in [0.2, 0.25) is 0 Å². The predicted octanol–water partition coefficient (Wildman–Crippen LogP) is 4.78. The molecule has 2 N–H and O–H groups in total. The minimum Gasteiger partial charge on any atom is -0.481 e. The Balaban J connectivity index is 2.78. The van der Waals surface area contributed by atoms with Gasteiger partial charge in [0.15, 0.2) is 0 Å². The second kappa shape index (κ2) is 7.32. The van der Waals surface area contributed by atoms with Crippen LogP contribution in [0.1, 0.15) is 50.7 Å². The number of rotatable bonds is 7. The molecule has 138 valence electrons. The summed E-state index contributed by atoms with van der Waals surface area (Å²) in [5, 5.41) is 19.9. The smallest absolute Gasteiger partial charge is 0.309 e. The monoisotopic (exact) mass is 354 g/mol. The van der Waals surface area contributed by atoms with Crippen molar-refractivity contribution in [3.05, 3.63) is 71.8 Å². The van der Waals surface area contributed by atoms with Crippen molar-refractivity contribution in [1.29, 1.82) is 0 Å². The number of aliphatic carboxylic acids is 2. The molecule has 26 heavy (non-hydrogen) atoms. The van der Waals surface area contributed by atoms with Gasteiger partial charge in [0, 0.05) is 11.8 Å². The van der Waals surface area contributed by atoms with Crippen molar-refractivity contribution in [2.24, 2.45) is 10.8 Å². The average molecular weight is 354 g/mol. The minimum absolute atomic E-state index is 0.519. The minimum atomic E-state index is -1.16. The fraction of sp³-hybridized carbons (Fsp3) is 0.364. The number of carboxylic acid groups (broad SMARTS) is 2. The van der Waals surface area contributed by atoms with Crippen LogP contribution in [0.25, 0.3) is 0 Å². The Morgan fingerprint density at radius 2 is 0.923 bits per heavy atom. The van der Waals surface area contributed by atoms with Gasteiger partial charge in [-0.05, 0) is 38.8 Å². The van der Waals surface area contributed by atoms with Gasteiger partial charge in [-0.2, -0.15) is 0 Å². The molecule has 0 heterocycles. The van der Waals surface area contributed by atoms with E-state index in [4.69, 9.17) is 0 Å². The van der Waals surface area contributed by atoms with Gasteiger partial charge < -0.3 is 10.2 Å². The Morgan fingerprint density at radius 1 is 0.654 bits per heavy atom. The number of hydrogen-bond acceptors (Lipinski definition) is 2. The van der Waals surface area contributed by atoms with Gasteiger partial charge in [-0.1, -0.05) is 60.7 Å². The second-order valence-corrected chi connectivity index (χ2v) is 7.83. The summed E-state index contributed by atoms with van der Waals surface area (Å²) in [6, 6.07) is 18.7. The molecule has 2 unspecified atom stereocenters. The standard InChI is InChI=1S/C22H26O4/c1-21(2,19(23)24)17(15-11-7-5-8-12-15)18(22(3,4)20(25)26)16-13-9-6-10-14-16/h5-14,17-18H,1-4H3,(H,23,24)(H,25,26). The van der Waals surface area contributed by atoms with Gasteiger partial charge in [-0.3, -0.25) is 9.59 Å². The summed E-state index contributed by atoms with van der Waals surface area (Å²) in [5.41, 5.74) is -0.672. The van der Waals surface area contributed by atoms with Crippen molar-refractivity contribution in [3.63, 3.8) is 0 Å². The van der Waals surface area contributed by atoms with E-state index in [2.05, 4.69) is 0 Å². The highest BCUT2D eigenvalue weighted by Gasteiger charge is 2.50. The summed E-state index contributed by atoms with van der Waals surface area (Å²) in [6.07, 6.45) is 0. The lowest BCUT2D eigenvalue weighted by Crippen LogP contribution is -2.42. The Labute approximate surface area is 154 Å². The Kier molecular flexibility index (Phi) is 5.55. The molecule has 4 nitrogen and oxygen atoms in total. The summed E-state index contributed by atoms with van der Waals surface area (Å²) in [4.78, 5) is 24.2. The van der Waals surface area contributed by atoms with Gasteiger partial charge in [-0.25, -0.2) is 0 Å². The van der Waals surface area contributed by atoms with Crippen LogP contribution in [0.2, 0.25) is 0 Å². The van der Waals surface area contributed by atoms with Gasteiger partial charge in [0.05, 0.1) is 10.8 Å². The molecule has 0 aliphatic rings. The highest BCUT2D eigenvalue weighted by Crippen LogP contribution is 2.53. The third kappa shape index (κ3) is 3.64. The van der Waals surface area contributed by atoms with E-state index in [-0.39, 0.29) is 0 Å². The zero-order valence-corrected chi connectivity index (χ0v) is 15.6. The van der Waals surface area contributed by atoms with Crippen molar-refractivity contribution < 1.29 is 19.8 Å². The van der Waals surface area contributed by atoms with Gasteiger partial charge in [0.25, 0.3) is 0 Å². The van der Waals surface area contributed by atoms with Crippen LogP contribution in [0.15, 0.2) is 60.7 Å². The van der Waals surface area contributed by atoms with E-state index in [1.807, 2.05) is 60.7 Å². The molecule has 0 aliphatic heterocycles. The van der Waals surface area contributed by atoms with E-state index < -0.39 is 34.6 Å². The molecule has 0 saturated carbocycles. The third-order valence-corrected chi connectivity index (χ3v) is 5.31. The maximum absolute atomic E-state index is 12.1. The molecular weight excluding hydrogens is 328 g/mol. The molecule has 4 heteroatoms. The fourth-order valence-electron chi connectivity index (χ4n) is 3.64. The van der Waals surface area contributed by atoms with Gasteiger partial charge >= 0.3 is 11.9 Å². The first-order valence-corrected chi connectivity index (χ1v) is 8.66. The van der Waals surface area contributed by atoms with Crippen molar-refractivity contribution in [3.8, 4) is 0 Å². The zero-order chi connectivity index (χ0) is 19.5. The van der Waals surface area contributed by atoms with Crippen LogP contribution in [0.4, 0.5) is 0 Å². The topological polar surface area (TPSA) is 74.6 Å². The van der Waals surface area contributed by atoms with Crippen LogP contribution in [0.3, 0.4) is 0 Å². The number of carboxylic acids is 2. The van der Waals surface area contributed by atoms with E-state index in [0.717, 1.165) is 11.1 Å². The molecule has 2 aromatic rings. The molecule has 0 bridgehead atoms. The van der Waals surface area contributed by atoms with Crippen LogP contribution in [-0.2, 0) is 9.59 Å². The van der Waals surface area contributed by atoms with E-state index in [1.54, 1.807) is 27.7 Å². The highest BCUT2D eigenvalue weighted by atomic mass is 16.4. The van der Waals surface area contributed by atoms with Crippen molar-refractivity contribution in [1.82, 2.24) is 0 Å². The lowest BCUT2D eigenvalue weighted by Gasteiger charge is -2.43. The molecule has 0 radical (unpaired) electrons. The number of benzene rings is 2. The summed E-state index contributed by atoms with van der Waals surface area (Å²) in [5.74, 6) is -2.94. The highest BCUT2D eigenvalue weighted by molar-refractivity contribution is 5.78. The molecular formula is C22H26O4. The number of hydrogen-bond donors (Lipinski definition) is 2. The molecule has 0 spiro atoms. The Bertz CT molecular complexity index is 696. The second-order valence-electron chi connectivity index (χ2n) is 7.83. The zero-order valence-electron chi connectivity index (χ0n) is 15.6. The first-order valence-electron chi connectivity index (χ1n) is 8.66. The molecule has 0 aromatic heterocycles. The Hall–Kier alpha value is -2.62. The summed E-state index contributed by atoms with van der Waals surface area (Å²) in [6.45, 7) is 6.67. The van der Waals surface area contributed by atoms with E-state index >= 15 is 0 Å². The van der Waals surface area contributed by atoms with Crippen molar-refractivity contribution >= 4 is 11.9 Å². The maximum Gasteiger partial charge on any atom is 0.309 e. The quantitative estimate of drug-likeness (QED) is 0.750. The maximum atomic E-state index is 12.1. The van der Waals surface area contributed by atoms with Crippen LogP contribution < -0.4 is 0 Å². The van der Waals surface area contributed by atoms with Crippen molar-refractivity contribution in [2.75, 3.05) is 0 Å². The first kappa shape index (κ1) is 19.7. The van der Waals surface area contributed by atoms with Crippen LogP contribution in [0, 0.1) is 10.8 Å². The van der Waals surface area contributed by atoms with Crippen LogP contribution >= 0.6 is 0 Å². The molecule has 0 amide bonds. The van der Waals surface area contributed by atoms with E-state index in [0.29, 0.717) is 0 Å². The third-order valence-electron chi connectivity index (χ3n) is 5.31. The number of carbonyl (C=O) groups is 2. The fourth-order valence-corrected chi connectivity index (χ4v) is 3.64. The largest absolute Gasteiger partial charge is 0.481 e. The lowest BCUT2D eigenvalue weighted by molar-refractivity contribution is -0.154. The summed E-state index contributed by atoms with van der Waals surface area (Å²) >= 11 is 0. The van der Waals surface area contributed by atoms with Crippen molar-refractivity contribution in [2.45, 2.75) is 39.5 Å². The lowest BCUT2D eigenvalue weighted by atomic mass is 9.58. The predicted molar refractivity (Wildman–Crippen MR) is 101 cm³/mol. The molecule has 0 saturated heterocycles. The average Bonchev–Trinajstić information content (AvgIpc) is 2.60. The first-order chi connectivity index (χ1) is 12.1. The van der Waals surface area contributed by atoms with E-state index in [1.165, 1.54) is 0 Å².